The lowest BCUT2D eigenvalue weighted by atomic mass is 9.73. The predicted octanol–water partition coefficient (Wildman–Crippen LogP) is 4.93. The SMILES string of the molecule is COc1cc(OC)c([C@H]2Nc3ccccc3NC3=C2C(=O)CC(C)(C)C3)cc1OC. The maximum absolute atomic E-state index is 13.4. The number of para-hydroxylation sites is 2. The van der Waals surface area contributed by atoms with Gasteiger partial charge in [-0.3, -0.25) is 4.79 Å². The summed E-state index contributed by atoms with van der Waals surface area (Å²) in [5.41, 5.74) is 4.31. The third kappa shape index (κ3) is 3.47. The number of ketones is 1. The average molecular weight is 408 g/mol. The smallest absolute Gasteiger partial charge is 0.164 e. The van der Waals surface area contributed by atoms with E-state index in [2.05, 4.69) is 24.5 Å². The minimum Gasteiger partial charge on any atom is -0.496 e. The molecule has 6 nitrogen and oxygen atoms in total. The summed E-state index contributed by atoms with van der Waals surface area (Å²) < 4.78 is 16.7. The molecule has 2 aromatic carbocycles. The Balaban J connectivity index is 1.94. The van der Waals surface area contributed by atoms with Crippen molar-refractivity contribution < 1.29 is 19.0 Å². The number of carbonyl (C=O) groups is 1. The Morgan fingerprint density at radius 3 is 2.20 bits per heavy atom. The molecule has 0 bridgehead atoms. The van der Waals surface area contributed by atoms with Crippen LogP contribution in [0.2, 0.25) is 0 Å². The number of methoxy groups -OCH3 is 3. The van der Waals surface area contributed by atoms with Crippen molar-refractivity contribution in [3.8, 4) is 17.2 Å². The topological polar surface area (TPSA) is 68.8 Å². The molecule has 2 N–H and O–H groups in total. The van der Waals surface area contributed by atoms with Crippen molar-refractivity contribution in [2.24, 2.45) is 5.41 Å². The third-order valence-corrected chi connectivity index (χ3v) is 5.77. The maximum atomic E-state index is 13.4. The van der Waals surface area contributed by atoms with Crippen LogP contribution in [0.1, 0.15) is 38.3 Å². The molecule has 2 aromatic rings. The van der Waals surface area contributed by atoms with Crippen LogP contribution in [0.3, 0.4) is 0 Å². The summed E-state index contributed by atoms with van der Waals surface area (Å²) in [6.45, 7) is 4.26. The van der Waals surface area contributed by atoms with E-state index in [4.69, 9.17) is 14.2 Å². The molecule has 0 amide bonds. The van der Waals surface area contributed by atoms with Crippen molar-refractivity contribution in [3.63, 3.8) is 0 Å². The van der Waals surface area contributed by atoms with Crippen molar-refractivity contribution in [1.29, 1.82) is 0 Å². The van der Waals surface area contributed by atoms with Gasteiger partial charge in [0.05, 0.1) is 38.7 Å². The summed E-state index contributed by atoms with van der Waals surface area (Å²) in [6.07, 6.45) is 1.29. The van der Waals surface area contributed by atoms with Gasteiger partial charge in [0.2, 0.25) is 0 Å². The lowest BCUT2D eigenvalue weighted by Crippen LogP contribution is -2.31. The first kappa shape index (κ1) is 20.1. The minimum absolute atomic E-state index is 0.103. The van der Waals surface area contributed by atoms with Gasteiger partial charge in [-0.15, -0.1) is 0 Å². The highest BCUT2D eigenvalue weighted by molar-refractivity contribution is 6.01. The second-order valence-electron chi connectivity index (χ2n) is 8.53. The molecule has 1 aliphatic carbocycles. The van der Waals surface area contributed by atoms with Crippen LogP contribution in [0.5, 0.6) is 17.2 Å². The Bertz CT molecular complexity index is 1030. The van der Waals surface area contributed by atoms with Gasteiger partial charge in [0.15, 0.2) is 17.3 Å². The molecule has 1 atom stereocenters. The van der Waals surface area contributed by atoms with Gasteiger partial charge in [0.1, 0.15) is 5.75 Å². The molecule has 0 radical (unpaired) electrons. The number of ether oxygens (including phenoxy) is 3. The van der Waals surface area contributed by atoms with E-state index in [0.717, 1.165) is 34.6 Å². The zero-order valence-corrected chi connectivity index (χ0v) is 18.1. The van der Waals surface area contributed by atoms with Crippen LogP contribution < -0.4 is 24.8 Å². The number of nitrogens with one attached hydrogen (secondary N) is 2. The highest BCUT2D eigenvalue weighted by Crippen LogP contribution is 2.48. The zero-order valence-electron chi connectivity index (χ0n) is 18.1. The van der Waals surface area contributed by atoms with Crippen molar-refractivity contribution in [2.75, 3.05) is 32.0 Å². The lowest BCUT2D eigenvalue weighted by Gasteiger charge is -2.34. The van der Waals surface area contributed by atoms with Crippen LogP contribution in [0, 0.1) is 5.41 Å². The molecule has 0 fully saturated rings. The van der Waals surface area contributed by atoms with E-state index in [1.165, 1.54) is 0 Å². The summed E-state index contributed by atoms with van der Waals surface area (Å²) in [5, 5.41) is 7.11. The van der Waals surface area contributed by atoms with Gasteiger partial charge in [-0.1, -0.05) is 26.0 Å². The zero-order chi connectivity index (χ0) is 21.5. The van der Waals surface area contributed by atoms with Gasteiger partial charge in [-0.05, 0) is 30.0 Å². The fourth-order valence-electron chi connectivity index (χ4n) is 4.40. The van der Waals surface area contributed by atoms with Gasteiger partial charge >= 0.3 is 0 Å². The molecular weight excluding hydrogens is 380 g/mol. The molecule has 30 heavy (non-hydrogen) atoms. The van der Waals surface area contributed by atoms with Crippen LogP contribution >= 0.6 is 0 Å². The fourth-order valence-corrected chi connectivity index (χ4v) is 4.40. The number of Topliss-reactive ketones (excluding diaryl/α,β-unsaturated/α-hetero) is 1. The second kappa shape index (κ2) is 7.59. The van der Waals surface area contributed by atoms with E-state index in [-0.39, 0.29) is 17.2 Å². The van der Waals surface area contributed by atoms with Gasteiger partial charge in [0.25, 0.3) is 0 Å². The Morgan fingerprint density at radius 2 is 1.53 bits per heavy atom. The third-order valence-electron chi connectivity index (χ3n) is 5.77. The number of carbonyl (C=O) groups excluding carboxylic acids is 1. The number of hydrogen-bond acceptors (Lipinski definition) is 6. The number of anilines is 2. The largest absolute Gasteiger partial charge is 0.496 e. The predicted molar refractivity (Wildman–Crippen MR) is 118 cm³/mol. The van der Waals surface area contributed by atoms with E-state index >= 15 is 0 Å². The quantitative estimate of drug-likeness (QED) is 0.747. The first-order chi connectivity index (χ1) is 14.4. The van der Waals surface area contributed by atoms with Gasteiger partial charge in [0, 0.05) is 29.3 Å². The van der Waals surface area contributed by atoms with Crippen molar-refractivity contribution in [2.45, 2.75) is 32.7 Å². The minimum atomic E-state index is -0.380. The van der Waals surface area contributed by atoms with E-state index in [9.17, 15) is 4.79 Å². The van der Waals surface area contributed by atoms with E-state index in [1.807, 2.05) is 30.3 Å². The molecule has 1 heterocycles. The standard InChI is InChI=1S/C24H28N2O4/c1-24(2)12-17-22(18(27)13-24)23(26-16-9-7-6-8-15(16)25-17)14-10-20(29-4)21(30-5)11-19(14)28-3/h6-11,23,25-26H,12-13H2,1-5H3/t23-/m1/s1. The number of hydrogen-bond donors (Lipinski definition) is 2. The van der Waals surface area contributed by atoms with Crippen LogP contribution in [0.25, 0.3) is 0 Å². The van der Waals surface area contributed by atoms with Crippen molar-refractivity contribution in [1.82, 2.24) is 0 Å². The van der Waals surface area contributed by atoms with E-state index in [1.54, 1.807) is 27.4 Å². The summed E-state index contributed by atoms with van der Waals surface area (Å²) in [4.78, 5) is 13.4. The molecule has 0 aromatic heterocycles. The summed E-state index contributed by atoms with van der Waals surface area (Å²) >= 11 is 0. The lowest BCUT2D eigenvalue weighted by molar-refractivity contribution is -0.118. The van der Waals surface area contributed by atoms with Crippen LogP contribution in [0.15, 0.2) is 47.7 Å². The molecule has 0 spiro atoms. The molecular formula is C24H28N2O4. The number of fused-ring (bicyclic) bond motifs is 1. The van der Waals surface area contributed by atoms with Crippen LogP contribution in [0.4, 0.5) is 11.4 Å². The molecule has 0 saturated heterocycles. The average Bonchev–Trinajstić information content (AvgIpc) is 2.88. The molecule has 0 unspecified atom stereocenters. The summed E-state index contributed by atoms with van der Waals surface area (Å²) in [5.74, 6) is 1.94. The first-order valence-electron chi connectivity index (χ1n) is 10.1. The fraction of sp³-hybridized carbons (Fsp3) is 0.375. The Hall–Kier alpha value is -3.15. The van der Waals surface area contributed by atoms with Crippen molar-refractivity contribution in [3.05, 3.63) is 53.2 Å². The highest BCUT2D eigenvalue weighted by Gasteiger charge is 2.39. The van der Waals surface area contributed by atoms with E-state index in [0.29, 0.717) is 23.7 Å². The molecule has 158 valence electrons. The Morgan fingerprint density at radius 1 is 0.900 bits per heavy atom. The molecule has 4 rings (SSSR count). The van der Waals surface area contributed by atoms with Gasteiger partial charge in [-0.2, -0.15) is 0 Å². The monoisotopic (exact) mass is 408 g/mol. The molecule has 1 aliphatic heterocycles. The number of benzene rings is 2. The Labute approximate surface area is 177 Å². The second-order valence-corrected chi connectivity index (χ2v) is 8.53. The Kier molecular flexibility index (Phi) is 5.10. The van der Waals surface area contributed by atoms with Crippen LogP contribution in [-0.4, -0.2) is 27.1 Å². The summed E-state index contributed by atoms with van der Waals surface area (Å²) in [7, 11) is 4.81. The van der Waals surface area contributed by atoms with Crippen LogP contribution in [-0.2, 0) is 4.79 Å². The first-order valence-corrected chi connectivity index (χ1v) is 10.1. The number of rotatable bonds is 4. The van der Waals surface area contributed by atoms with E-state index < -0.39 is 0 Å². The molecule has 2 aliphatic rings. The molecule has 6 heteroatoms. The highest BCUT2D eigenvalue weighted by atomic mass is 16.5. The maximum Gasteiger partial charge on any atom is 0.164 e. The number of allylic oxidation sites excluding steroid dienone is 1. The van der Waals surface area contributed by atoms with Gasteiger partial charge in [-0.25, -0.2) is 0 Å². The van der Waals surface area contributed by atoms with Gasteiger partial charge < -0.3 is 24.8 Å². The molecule has 0 saturated carbocycles. The van der Waals surface area contributed by atoms with Crippen molar-refractivity contribution >= 4 is 17.2 Å². The normalized spacial score (nSPS) is 19.6. The summed E-state index contributed by atoms with van der Waals surface area (Å²) in [6, 6.07) is 11.3.